The van der Waals surface area contributed by atoms with Crippen LogP contribution < -0.4 is 5.73 Å². The maximum atomic E-state index is 6.37. The Bertz CT molecular complexity index is 380. The van der Waals surface area contributed by atoms with E-state index >= 15 is 0 Å². The van der Waals surface area contributed by atoms with Gasteiger partial charge in [-0.2, -0.15) is 0 Å². The summed E-state index contributed by atoms with van der Waals surface area (Å²) in [5.74, 6) is 0. The van der Waals surface area contributed by atoms with E-state index in [1.807, 2.05) is 0 Å². The molecule has 0 radical (unpaired) electrons. The molecule has 0 spiro atoms. The lowest BCUT2D eigenvalue weighted by Crippen LogP contribution is -2.36. The summed E-state index contributed by atoms with van der Waals surface area (Å²) in [7, 11) is 1.81. The third-order valence-electron chi connectivity index (χ3n) is 5.71. The average molecular weight is 540 g/mol. The molecule has 2 atom stereocenters. The molecular formula is C27H59NO5P2. The third kappa shape index (κ3) is 20.3. The molecule has 0 bridgehead atoms. The molecule has 8 heteroatoms. The monoisotopic (exact) mass is 539 g/mol. The zero-order valence-electron chi connectivity index (χ0n) is 23.7. The van der Waals surface area contributed by atoms with E-state index in [0.717, 1.165) is 120 Å². The summed E-state index contributed by atoms with van der Waals surface area (Å²) in [6.07, 6.45) is 13.8. The minimum atomic E-state index is -0.0723. The van der Waals surface area contributed by atoms with Crippen molar-refractivity contribution in [1.82, 2.24) is 0 Å². The minimum absolute atomic E-state index is 0.0456. The smallest absolute Gasteiger partial charge is 0.157 e. The predicted molar refractivity (Wildman–Crippen MR) is 155 cm³/mol. The molecular weight excluding hydrogens is 480 g/mol. The Balaban J connectivity index is 4.47. The summed E-state index contributed by atoms with van der Waals surface area (Å²) in [6, 6.07) is 0. The molecule has 212 valence electrons. The van der Waals surface area contributed by atoms with Crippen molar-refractivity contribution in [1.29, 1.82) is 0 Å². The first kappa shape index (κ1) is 35.6. The van der Waals surface area contributed by atoms with Gasteiger partial charge in [-0.05, 0) is 83.1 Å². The van der Waals surface area contributed by atoms with Crippen molar-refractivity contribution >= 4 is 17.2 Å². The highest BCUT2D eigenvalue weighted by atomic mass is 31.1. The summed E-state index contributed by atoms with van der Waals surface area (Å²) >= 11 is 0. The third-order valence-corrected chi connectivity index (χ3v) is 8.20. The van der Waals surface area contributed by atoms with Gasteiger partial charge in [0.2, 0.25) is 0 Å². The maximum Gasteiger partial charge on any atom is 0.157 e. The Kier molecular flexibility index (Phi) is 26.7. The van der Waals surface area contributed by atoms with E-state index < -0.39 is 0 Å². The van der Waals surface area contributed by atoms with Crippen molar-refractivity contribution in [3.63, 3.8) is 0 Å². The van der Waals surface area contributed by atoms with Gasteiger partial charge in [-0.15, -0.1) is 17.2 Å². The van der Waals surface area contributed by atoms with Gasteiger partial charge in [0.15, 0.2) is 12.6 Å². The van der Waals surface area contributed by atoms with Gasteiger partial charge in [0.05, 0.1) is 5.60 Å². The van der Waals surface area contributed by atoms with Gasteiger partial charge < -0.3 is 29.4 Å². The van der Waals surface area contributed by atoms with Gasteiger partial charge in [0, 0.05) is 45.9 Å². The van der Waals surface area contributed by atoms with Crippen LogP contribution in [0.5, 0.6) is 0 Å². The van der Waals surface area contributed by atoms with E-state index in [0.29, 0.717) is 6.54 Å². The first-order chi connectivity index (χ1) is 17.1. The molecule has 0 amide bonds. The SMILES string of the molecule is CCCOC(CCPCCC(CCN)(CCPCCC(OCCC)OCCC)OCC)OCCC. The summed E-state index contributed by atoms with van der Waals surface area (Å²) in [5, 5.41) is 0. The van der Waals surface area contributed by atoms with Crippen LogP contribution in [0, 0.1) is 0 Å². The largest absolute Gasteiger partial charge is 0.375 e. The van der Waals surface area contributed by atoms with Gasteiger partial charge in [-0.1, -0.05) is 27.7 Å². The van der Waals surface area contributed by atoms with E-state index in [1.54, 1.807) is 0 Å². The molecule has 2 unspecified atom stereocenters. The fourth-order valence-corrected chi connectivity index (χ4v) is 6.55. The maximum absolute atomic E-state index is 6.37. The molecule has 0 saturated carbocycles. The lowest BCUT2D eigenvalue weighted by atomic mass is 9.93. The van der Waals surface area contributed by atoms with Crippen molar-refractivity contribution < 1.29 is 23.7 Å². The molecule has 0 aliphatic carbocycles. The van der Waals surface area contributed by atoms with Gasteiger partial charge >= 0.3 is 0 Å². The fraction of sp³-hybridized carbons (Fsp3) is 1.00. The van der Waals surface area contributed by atoms with E-state index in [4.69, 9.17) is 29.4 Å². The van der Waals surface area contributed by atoms with E-state index in [-0.39, 0.29) is 18.2 Å². The van der Waals surface area contributed by atoms with Crippen LogP contribution in [0.4, 0.5) is 0 Å². The molecule has 0 aliphatic heterocycles. The van der Waals surface area contributed by atoms with Crippen molar-refractivity contribution in [3.8, 4) is 0 Å². The first-order valence-corrected chi connectivity index (χ1v) is 17.2. The summed E-state index contributed by atoms with van der Waals surface area (Å²) in [6.45, 7) is 15.2. The Labute approximate surface area is 221 Å². The molecule has 6 nitrogen and oxygen atoms in total. The number of nitrogens with two attached hydrogens (primary N) is 1. The fourth-order valence-electron chi connectivity index (χ4n) is 3.91. The molecule has 0 aromatic heterocycles. The number of hydrogen-bond donors (Lipinski definition) is 1. The van der Waals surface area contributed by atoms with Crippen LogP contribution in [0.25, 0.3) is 0 Å². The Morgan fingerprint density at radius 2 is 1.00 bits per heavy atom. The molecule has 35 heavy (non-hydrogen) atoms. The lowest BCUT2D eigenvalue weighted by Gasteiger charge is -2.34. The van der Waals surface area contributed by atoms with Gasteiger partial charge in [0.1, 0.15) is 0 Å². The number of hydrogen-bond acceptors (Lipinski definition) is 6. The van der Waals surface area contributed by atoms with Crippen molar-refractivity contribution in [2.45, 2.75) is 111 Å². The minimum Gasteiger partial charge on any atom is -0.375 e. The second-order valence-corrected chi connectivity index (χ2v) is 12.1. The standard InChI is InChI=1S/C27H59NO5P2/c1-6-17-29-25(30-18-7-2)11-21-34-23-14-27(13-16-28,33-10-5)15-24-35-22-12-26(31-19-8-3)32-20-9-4/h25-26,34-35H,6-24,28H2,1-5H3. The topological polar surface area (TPSA) is 72.2 Å². The summed E-state index contributed by atoms with van der Waals surface area (Å²) < 4.78 is 29.9. The molecule has 2 N–H and O–H groups in total. The normalized spacial score (nSPS) is 14.4. The Hall–Kier alpha value is 0.620. The molecule has 0 fully saturated rings. The van der Waals surface area contributed by atoms with Crippen LogP contribution in [-0.4, -0.2) is 82.4 Å². The Morgan fingerprint density at radius 3 is 1.31 bits per heavy atom. The number of rotatable bonds is 28. The second-order valence-electron chi connectivity index (χ2n) is 9.07. The highest BCUT2D eigenvalue weighted by molar-refractivity contribution is 7.38. The van der Waals surface area contributed by atoms with Crippen molar-refractivity contribution in [3.05, 3.63) is 0 Å². The first-order valence-electron chi connectivity index (χ1n) is 14.3. The van der Waals surface area contributed by atoms with Crippen LogP contribution in [0.15, 0.2) is 0 Å². The molecule has 0 saturated heterocycles. The van der Waals surface area contributed by atoms with Crippen LogP contribution >= 0.6 is 17.2 Å². The van der Waals surface area contributed by atoms with Crippen LogP contribution in [0.1, 0.15) is 92.4 Å². The molecule has 0 rings (SSSR count). The molecule has 0 aromatic rings. The summed E-state index contributed by atoms with van der Waals surface area (Å²) in [5.41, 5.74) is 5.96. The quantitative estimate of drug-likeness (QED) is 0.0706. The van der Waals surface area contributed by atoms with Crippen LogP contribution in [-0.2, 0) is 23.7 Å². The van der Waals surface area contributed by atoms with Gasteiger partial charge in [-0.3, -0.25) is 0 Å². The van der Waals surface area contributed by atoms with Crippen LogP contribution in [0.2, 0.25) is 0 Å². The Morgan fingerprint density at radius 1 is 0.600 bits per heavy atom. The van der Waals surface area contributed by atoms with Gasteiger partial charge in [-0.25, -0.2) is 0 Å². The van der Waals surface area contributed by atoms with E-state index in [2.05, 4.69) is 34.6 Å². The van der Waals surface area contributed by atoms with Crippen molar-refractivity contribution in [2.24, 2.45) is 5.73 Å². The molecule has 0 aliphatic rings. The second kappa shape index (κ2) is 26.2. The zero-order chi connectivity index (χ0) is 26.0. The van der Waals surface area contributed by atoms with Gasteiger partial charge in [0.25, 0.3) is 0 Å². The number of ether oxygens (including phenoxy) is 5. The van der Waals surface area contributed by atoms with Crippen LogP contribution in [0.3, 0.4) is 0 Å². The predicted octanol–water partition coefficient (Wildman–Crippen LogP) is 6.39. The highest BCUT2D eigenvalue weighted by Crippen LogP contribution is 2.32. The van der Waals surface area contributed by atoms with E-state index in [1.165, 1.54) is 12.3 Å². The molecule has 0 aromatic carbocycles. The average Bonchev–Trinajstić information content (AvgIpc) is 2.86. The lowest BCUT2D eigenvalue weighted by molar-refractivity contribution is -0.142. The molecule has 0 heterocycles. The zero-order valence-corrected chi connectivity index (χ0v) is 25.7. The highest BCUT2D eigenvalue weighted by Gasteiger charge is 2.29. The summed E-state index contributed by atoms with van der Waals surface area (Å²) in [4.78, 5) is 0. The van der Waals surface area contributed by atoms with E-state index in [9.17, 15) is 0 Å². The van der Waals surface area contributed by atoms with Crippen molar-refractivity contribution in [2.75, 3.05) is 64.2 Å².